The molecule has 0 amide bonds. The number of aryl methyl sites for hydroxylation is 1. The van der Waals surface area contributed by atoms with Gasteiger partial charge < -0.3 is 10.1 Å². The Morgan fingerprint density at radius 3 is 2.96 bits per heavy atom. The highest BCUT2D eigenvalue weighted by atomic mass is 16.5. The van der Waals surface area contributed by atoms with E-state index in [0.29, 0.717) is 5.92 Å². The Kier molecular flexibility index (Phi) is 6.07. The average molecular weight is 351 g/mol. The van der Waals surface area contributed by atoms with Crippen molar-refractivity contribution in [2.24, 2.45) is 5.92 Å². The third-order valence-corrected chi connectivity index (χ3v) is 4.98. The molecule has 1 aliphatic heterocycles. The maximum Gasteiger partial charge on any atom is 0.0951 e. The number of methoxy groups -OCH3 is 1. The number of ether oxygens (including phenoxy) is 1. The van der Waals surface area contributed by atoms with E-state index in [2.05, 4.69) is 59.0 Å². The molecule has 1 N–H and O–H groups in total. The third-order valence-electron chi connectivity index (χ3n) is 4.98. The molecule has 0 fully saturated rings. The minimum absolute atomic E-state index is 0.162. The van der Waals surface area contributed by atoms with E-state index in [4.69, 9.17) is 4.74 Å². The van der Waals surface area contributed by atoms with E-state index < -0.39 is 0 Å². The largest absolute Gasteiger partial charge is 0.385 e. The summed E-state index contributed by atoms with van der Waals surface area (Å²) in [4.78, 5) is 6.73. The molecule has 0 saturated carbocycles. The fourth-order valence-electron chi connectivity index (χ4n) is 3.61. The molecule has 4 heteroatoms. The second-order valence-electron chi connectivity index (χ2n) is 7.27. The number of nitrogens with one attached hydrogen (secondary N) is 1. The van der Waals surface area contributed by atoms with Gasteiger partial charge in [0.15, 0.2) is 0 Å². The lowest BCUT2D eigenvalue weighted by atomic mass is 9.96. The van der Waals surface area contributed by atoms with Crippen LogP contribution in [0.3, 0.4) is 0 Å². The second-order valence-corrected chi connectivity index (χ2v) is 7.27. The number of nitrogens with zero attached hydrogens (tertiary/aromatic N) is 2. The quantitative estimate of drug-likeness (QED) is 0.823. The number of hydrogen-bond acceptors (Lipinski definition) is 4. The zero-order chi connectivity index (χ0) is 18.5. The van der Waals surface area contributed by atoms with Crippen molar-refractivity contribution in [3.63, 3.8) is 0 Å². The molecule has 2 heterocycles. The van der Waals surface area contributed by atoms with Crippen molar-refractivity contribution in [1.29, 1.82) is 0 Å². The van der Waals surface area contributed by atoms with E-state index in [1.165, 1.54) is 11.1 Å². The van der Waals surface area contributed by atoms with Crippen LogP contribution in [-0.2, 0) is 11.3 Å². The van der Waals surface area contributed by atoms with Crippen LogP contribution in [0, 0.1) is 12.8 Å². The highest BCUT2D eigenvalue weighted by Gasteiger charge is 2.25. The van der Waals surface area contributed by atoms with Gasteiger partial charge in [0.1, 0.15) is 0 Å². The monoisotopic (exact) mass is 351 g/mol. The first-order valence-electron chi connectivity index (χ1n) is 9.25. The SMILES string of the molecule is C=C(NCC(C)CN1Cc2ccccc2C(OC)C1)c1ccnc(C)c1. The van der Waals surface area contributed by atoms with Crippen molar-refractivity contribution in [3.05, 3.63) is 71.6 Å². The minimum atomic E-state index is 0.162. The van der Waals surface area contributed by atoms with Gasteiger partial charge in [0, 0.05) is 56.4 Å². The van der Waals surface area contributed by atoms with E-state index in [1.54, 1.807) is 7.11 Å². The van der Waals surface area contributed by atoms with E-state index in [9.17, 15) is 0 Å². The van der Waals surface area contributed by atoms with Gasteiger partial charge in [-0.1, -0.05) is 37.8 Å². The predicted molar refractivity (Wildman–Crippen MR) is 107 cm³/mol. The zero-order valence-electron chi connectivity index (χ0n) is 16.0. The number of hydrogen-bond donors (Lipinski definition) is 1. The molecule has 4 nitrogen and oxygen atoms in total. The maximum absolute atomic E-state index is 5.72. The second kappa shape index (κ2) is 8.47. The molecule has 26 heavy (non-hydrogen) atoms. The van der Waals surface area contributed by atoms with Crippen LogP contribution in [0.25, 0.3) is 5.70 Å². The lowest BCUT2D eigenvalue weighted by Crippen LogP contribution is -2.39. The van der Waals surface area contributed by atoms with E-state index in [-0.39, 0.29) is 6.10 Å². The normalized spacial score (nSPS) is 18.2. The summed E-state index contributed by atoms with van der Waals surface area (Å²) in [6.45, 7) is 12.3. The summed E-state index contributed by atoms with van der Waals surface area (Å²) in [7, 11) is 1.80. The van der Waals surface area contributed by atoms with Gasteiger partial charge in [-0.3, -0.25) is 9.88 Å². The molecule has 0 spiro atoms. The molecule has 0 saturated heterocycles. The van der Waals surface area contributed by atoms with Gasteiger partial charge in [0.2, 0.25) is 0 Å². The Labute approximate surface area is 156 Å². The van der Waals surface area contributed by atoms with Crippen LogP contribution in [0.1, 0.15) is 35.4 Å². The summed E-state index contributed by atoms with van der Waals surface area (Å²) >= 11 is 0. The number of pyridine rings is 1. The van der Waals surface area contributed by atoms with E-state index in [1.807, 2.05) is 19.2 Å². The molecular formula is C22H29N3O. The molecule has 1 aromatic heterocycles. The number of aromatic nitrogens is 1. The lowest BCUT2D eigenvalue weighted by molar-refractivity contribution is 0.0432. The predicted octanol–water partition coefficient (Wildman–Crippen LogP) is 3.79. The molecule has 1 aliphatic rings. The maximum atomic E-state index is 5.72. The Balaban J connectivity index is 1.54. The Hall–Kier alpha value is -2.17. The molecule has 3 rings (SSSR count). The van der Waals surface area contributed by atoms with Crippen LogP contribution in [-0.4, -0.2) is 36.6 Å². The van der Waals surface area contributed by atoms with Crippen molar-refractivity contribution in [3.8, 4) is 0 Å². The first-order valence-corrected chi connectivity index (χ1v) is 9.25. The summed E-state index contributed by atoms with van der Waals surface area (Å²) in [6.07, 6.45) is 1.99. The van der Waals surface area contributed by atoms with Crippen LogP contribution in [0.15, 0.2) is 49.2 Å². The summed E-state index contributed by atoms with van der Waals surface area (Å²) in [6, 6.07) is 12.7. The number of rotatable bonds is 7. The Bertz CT molecular complexity index is 759. The van der Waals surface area contributed by atoms with Gasteiger partial charge in [0.25, 0.3) is 0 Å². The molecule has 2 aromatic rings. The fraction of sp³-hybridized carbons (Fsp3) is 0.409. The van der Waals surface area contributed by atoms with E-state index >= 15 is 0 Å². The van der Waals surface area contributed by atoms with Crippen molar-refractivity contribution in [2.75, 3.05) is 26.7 Å². The number of fused-ring (bicyclic) bond motifs is 1. The van der Waals surface area contributed by atoms with Gasteiger partial charge in [-0.05, 0) is 36.1 Å². The fourth-order valence-corrected chi connectivity index (χ4v) is 3.61. The molecule has 2 atom stereocenters. The molecule has 2 unspecified atom stereocenters. The van der Waals surface area contributed by atoms with Gasteiger partial charge in [-0.2, -0.15) is 0 Å². The van der Waals surface area contributed by atoms with Crippen LogP contribution >= 0.6 is 0 Å². The minimum Gasteiger partial charge on any atom is -0.385 e. The molecule has 138 valence electrons. The lowest BCUT2D eigenvalue weighted by Gasteiger charge is -2.35. The van der Waals surface area contributed by atoms with Crippen molar-refractivity contribution < 1.29 is 4.74 Å². The molecule has 0 aliphatic carbocycles. The Morgan fingerprint density at radius 2 is 2.19 bits per heavy atom. The van der Waals surface area contributed by atoms with Crippen LogP contribution in [0.2, 0.25) is 0 Å². The van der Waals surface area contributed by atoms with Crippen molar-refractivity contribution >= 4 is 5.70 Å². The van der Waals surface area contributed by atoms with Gasteiger partial charge in [0.05, 0.1) is 6.10 Å². The van der Waals surface area contributed by atoms with Gasteiger partial charge in [-0.15, -0.1) is 0 Å². The van der Waals surface area contributed by atoms with Crippen LogP contribution in [0.5, 0.6) is 0 Å². The standard InChI is InChI=1S/C22H29N3O/c1-16(12-24-18(3)19-9-10-23-17(2)11-19)13-25-14-20-7-5-6-8-21(20)22(15-25)26-4/h5-11,16,22,24H,3,12-15H2,1-2,4H3. The first-order chi connectivity index (χ1) is 12.6. The number of benzene rings is 1. The third kappa shape index (κ3) is 4.51. The van der Waals surface area contributed by atoms with E-state index in [0.717, 1.165) is 43.1 Å². The van der Waals surface area contributed by atoms with Crippen LogP contribution < -0.4 is 5.32 Å². The topological polar surface area (TPSA) is 37.4 Å². The highest BCUT2D eigenvalue weighted by Crippen LogP contribution is 2.28. The van der Waals surface area contributed by atoms with Crippen LogP contribution in [0.4, 0.5) is 0 Å². The molecule has 1 aromatic carbocycles. The Morgan fingerprint density at radius 1 is 1.38 bits per heavy atom. The summed E-state index contributed by atoms with van der Waals surface area (Å²) < 4.78 is 5.72. The first kappa shape index (κ1) is 18.6. The molecule has 0 radical (unpaired) electrons. The zero-order valence-corrected chi connectivity index (χ0v) is 16.0. The van der Waals surface area contributed by atoms with Crippen molar-refractivity contribution in [2.45, 2.75) is 26.5 Å². The molecular weight excluding hydrogens is 322 g/mol. The summed E-state index contributed by atoms with van der Waals surface area (Å²) in [5, 5.41) is 3.48. The van der Waals surface area contributed by atoms with Gasteiger partial charge in [-0.25, -0.2) is 0 Å². The van der Waals surface area contributed by atoms with Crippen molar-refractivity contribution in [1.82, 2.24) is 15.2 Å². The van der Waals surface area contributed by atoms with Gasteiger partial charge >= 0.3 is 0 Å². The smallest absolute Gasteiger partial charge is 0.0951 e. The summed E-state index contributed by atoms with van der Waals surface area (Å²) in [5.41, 5.74) is 5.79. The highest BCUT2D eigenvalue weighted by molar-refractivity contribution is 5.61. The molecule has 0 bridgehead atoms. The average Bonchev–Trinajstić information content (AvgIpc) is 2.65. The summed E-state index contributed by atoms with van der Waals surface area (Å²) in [5.74, 6) is 0.512.